The number of rotatable bonds is 7. The lowest BCUT2D eigenvalue weighted by Crippen LogP contribution is -2.37. The number of unbranched alkanes of at least 4 members (excludes halogenated alkanes) is 1. The summed E-state index contributed by atoms with van der Waals surface area (Å²) >= 11 is 1.91. The molecule has 0 amide bonds. The fraction of sp³-hybridized carbons (Fsp3) is 0.750. The average molecular weight is 227 g/mol. The van der Waals surface area contributed by atoms with Gasteiger partial charge in [-0.05, 0) is 12.7 Å². The highest BCUT2D eigenvalue weighted by Gasteiger charge is 2.13. The molecule has 3 heteroatoms. The van der Waals surface area contributed by atoms with Crippen LogP contribution < -0.4 is 4.57 Å². The van der Waals surface area contributed by atoms with Crippen LogP contribution >= 0.6 is 11.8 Å². The smallest absolute Gasteiger partial charge is 0.234 e. The third-order valence-corrected chi connectivity index (χ3v) is 3.29. The molecule has 15 heavy (non-hydrogen) atoms. The lowest BCUT2D eigenvalue weighted by molar-refractivity contribution is -0.704. The number of thioether (sulfide) groups is 1. The van der Waals surface area contributed by atoms with Crippen molar-refractivity contribution in [2.24, 2.45) is 0 Å². The summed E-state index contributed by atoms with van der Waals surface area (Å²) in [6, 6.07) is 0. The molecule has 0 aliphatic carbocycles. The summed E-state index contributed by atoms with van der Waals surface area (Å²) in [5, 5.41) is 0. The molecule has 0 atom stereocenters. The van der Waals surface area contributed by atoms with Gasteiger partial charge in [-0.3, -0.25) is 0 Å². The maximum atomic E-state index is 2.41. The maximum absolute atomic E-state index is 2.41. The summed E-state index contributed by atoms with van der Waals surface area (Å²) in [6.45, 7) is 6.81. The Morgan fingerprint density at radius 1 is 1.40 bits per heavy atom. The molecule has 0 saturated heterocycles. The molecule has 1 aromatic heterocycles. The molecule has 2 nitrogen and oxygen atoms in total. The summed E-state index contributed by atoms with van der Waals surface area (Å²) in [5.74, 6) is 2.67. The fourth-order valence-corrected chi connectivity index (χ4v) is 2.21. The van der Waals surface area contributed by atoms with Crippen molar-refractivity contribution in [3.05, 3.63) is 18.2 Å². The van der Waals surface area contributed by atoms with Gasteiger partial charge in [-0.25, -0.2) is 9.13 Å². The first kappa shape index (κ1) is 12.6. The molecular formula is C12H23N2S+. The molecule has 0 bridgehead atoms. The van der Waals surface area contributed by atoms with Crippen LogP contribution in [0.3, 0.4) is 0 Å². The van der Waals surface area contributed by atoms with Gasteiger partial charge in [0.1, 0.15) is 12.4 Å². The van der Waals surface area contributed by atoms with Crippen LogP contribution in [0, 0.1) is 0 Å². The van der Waals surface area contributed by atoms with Gasteiger partial charge < -0.3 is 0 Å². The van der Waals surface area contributed by atoms with E-state index in [4.69, 9.17) is 0 Å². The maximum Gasteiger partial charge on any atom is 0.256 e. The zero-order valence-corrected chi connectivity index (χ0v) is 11.0. The standard InChI is InChI=1S/C12H23N2S/c1-4-6-7-13-8-9-14(10-11-15-3)12(13)5-2/h8-9H,4-7,10-11H2,1-3H3/q+1. The molecule has 0 aliphatic rings. The molecule has 1 aromatic rings. The van der Waals surface area contributed by atoms with Crippen LogP contribution in [-0.2, 0) is 19.5 Å². The second kappa shape index (κ2) is 6.94. The van der Waals surface area contributed by atoms with Gasteiger partial charge in [0.05, 0.1) is 13.1 Å². The Morgan fingerprint density at radius 3 is 2.80 bits per heavy atom. The van der Waals surface area contributed by atoms with E-state index in [2.05, 4.69) is 41.6 Å². The van der Waals surface area contributed by atoms with E-state index in [1.54, 1.807) is 0 Å². The predicted molar refractivity (Wildman–Crippen MR) is 67.3 cm³/mol. The second-order valence-corrected chi connectivity index (χ2v) is 4.79. The van der Waals surface area contributed by atoms with Crippen molar-refractivity contribution in [1.29, 1.82) is 0 Å². The average Bonchev–Trinajstić information content (AvgIpc) is 2.65. The first-order valence-corrected chi connectivity index (χ1v) is 7.29. The largest absolute Gasteiger partial charge is 0.256 e. The Hall–Kier alpha value is -0.440. The molecule has 1 heterocycles. The number of nitrogens with zero attached hydrogens (tertiary/aromatic N) is 2. The highest BCUT2D eigenvalue weighted by atomic mass is 32.2. The van der Waals surface area contributed by atoms with Crippen molar-refractivity contribution < 1.29 is 4.57 Å². The summed E-state index contributed by atoms with van der Waals surface area (Å²) in [4.78, 5) is 0. The van der Waals surface area contributed by atoms with Crippen molar-refractivity contribution in [2.75, 3.05) is 12.0 Å². The number of hydrogen-bond donors (Lipinski definition) is 0. The van der Waals surface area contributed by atoms with E-state index < -0.39 is 0 Å². The van der Waals surface area contributed by atoms with Crippen LogP contribution in [0.1, 0.15) is 32.5 Å². The topological polar surface area (TPSA) is 8.81 Å². The summed E-state index contributed by atoms with van der Waals surface area (Å²) in [6.07, 6.45) is 10.3. The highest BCUT2D eigenvalue weighted by Crippen LogP contribution is 2.01. The van der Waals surface area contributed by atoms with Crippen molar-refractivity contribution in [3.63, 3.8) is 0 Å². The number of hydrogen-bond acceptors (Lipinski definition) is 1. The minimum atomic E-state index is 1.13. The van der Waals surface area contributed by atoms with E-state index in [9.17, 15) is 0 Å². The summed E-state index contributed by atoms with van der Waals surface area (Å²) < 4.78 is 4.80. The van der Waals surface area contributed by atoms with Crippen molar-refractivity contribution >= 4 is 11.8 Å². The Bertz CT molecular complexity index is 256. The van der Waals surface area contributed by atoms with Gasteiger partial charge >= 0.3 is 0 Å². The normalized spacial score (nSPS) is 10.9. The summed E-state index contributed by atoms with van der Waals surface area (Å²) in [5.41, 5.74) is 0. The first-order chi connectivity index (χ1) is 7.33. The molecule has 86 valence electrons. The molecule has 0 unspecified atom stereocenters. The fourth-order valence-electron chi connectivity index (χ4n) is 1.83. The van der Waals surface area contributed by atoms with Crippen LogP contribution in [0.2, 0.25) is 0 Å². The zero-order valence-electron chi connectivity index (χ0n) is 10.2. The first-order valence-electron chi connectivity index (χ1n) is 5.89. The molecule has 1 rings (SSSR count). The van der Waals surface area contributed by atoms with E-state index in [-0.39, 0.29) is 0 Å². The minimum absolute atomic E-state index is 1.13. The Labute approximate surface area is 97.7 Å². The van der Waals surface area contributed by atoms with Crippen molar-refractivity contribution in [3.8, 4) is 0 Å². The third kappa shape index (κ3) is 3.56. The number of aromatic nitrogens is 2. The van der Waals surface area contributed by atoms with Crippen LogP contribution in [0.15, 0.2) is 12.4 Å². The molecule has 0 saturated carbocycles. The van der Waals surface area contributed by atoms with E-state index >= 15 is 0 Å². The van der Waals surface area contributed by atoms with Crippen molar-refractivity contribution in [2.45, 2.75) is 46.2 Å². The van der Waals surface area contributed by atoms with Crippen molar-refractivity contribution in [1.82, 2.24) is 4.57 Å². The Balaban J connectivity index is 2.66. The van der Waals surface area contributed by atoms with Gasteiger partial charge in [0.2, 0.25) is 0 Å². The third-order valence-electron chi connectivity index (χ3n) is 2.69. The van der Waals surface area contributed by atoms with E-state index in [1.165, 1.54) is 31.0 Å². The molecule has 0 aromatic carbocycles. The Kier molecular flexibility index (Phi) is 5.84. The molecule has 0 radical (unpaired) electrons. The molecular weight excluding hydrogens is 204 g/mol. The molecule has 0 spiro atoms. The lowest BCUT2D eigenvalue weighted by atomic mass is 10.3. The van der Waals surface area contributed by atoms with Gasteiger partial charge in [-0.1, -0.05) is 20.3 Å². The minimum Gasteiger partial charge on any atom is -0.234 e. The van der Waals surface area contributed by atoms with Crippen LogP contribution in [0.4, 0.5) is 0 Å². The summed E-state index contributed by atoms with van der Waals surface area (Å²) in [7, 11) is 0. The molecule has 0 N–H and O–H groups in total. The van der Waals surface area contributed by atoms with E-state index in [0.29, 0.717) is 0 Å². The van der Waals surface area contributed by atoms with Crippen LogP contribution in [-0.4, -0.2) is 16.6 Å². The zero-order chi connectivity index (χ0) is 11.1. The highest BCUT2D eigenvalue weighted by molar-refractivity contribution is 7.98. The SMILES string of the molecule is CCCC[n+]1ccn(CCSC)c1CC. The predicted octanol–water partition coefficient (Wildman–Crippen LogP) is 2.50. The molecule has 0 fully saturated rings. The van der Waals surface area contributed by atoms with Gasteiger partial charge in [0, 0.05) is 12.2 Å². The van der Waals surface area contributed by atoms with Gasteiger partial charge in [0.25, 0.3) is 5.82 Å². The monoisotopic (exact) mass is 227 g/mol. The lowest BCUT2D eigenvalue weighted by Gasteiger charge is -2.02. The van der Waals surface area contributed by atoms with E-state index in [1.807, 2.05) is 11.8 Å². The number of aryl methyl sites for hydroxylation is 2. The van der Waals surface area contributed by atoms with Gasteiger partial charge in [-0.15, -0.1) is 0 Å². The van der Waals surface area contributed by atoms with Crippen LogP contribution in [0.25, 0.3) is 0 Å². The second-order valence-electron chi connectivity index (χ2n) is 3.80. The number of imidazole rings is 1. The molecule has 0 aliphatic heterocycles. The van der Waals surface area contributed by atoms with Gasteiger partial charge in [-0.2, -0.15) is 11.8 Å². The van der Waals surface area contributed by atoms with Gasteiger partial charge in [0.15, 0.2) is 0 Å². The van der Waals surface area contributed by atoms with Crippen LogP contribution in [0.5, 0.6) is 0 Å². The quantitative estimate of drug-likeness (QED) is 0.650. The van der Waals surface area contributed by atoms with E-state index in [0.717, 1.165) is 13.0 Å². The Morgan fingerprint density at radius 2 is 2.20 bits per heavy atom.